The highest BCUT2D eigenvalue weighted by Crippen LogP contribution is 2.12. The fourth-order valence-corrected chi connectivity index (χ4v) is 1.88. The van der Waals surface area contributed by atoms with E-state index in [1.807, 2.05) is 19.1 Å². The van der Waals surface area contributed by atoms with Gasteiger partial charge in [-0.2, -0.15) is 0 Å². The number of amides is 1. The molecule has 1 aromatic carbocycles. The molecule has 0 aliphatic carbocycles. The van der Waals surface area contributed by atoms with E-state index in [1.165, 1.54) is 0 Å². The largest absolute Gasteiger partial charge is 0.481 e. The molecule has 5 nitrogen and oxygen atoms in total. The van der Waals surface area contributed by atoms with Crippen LogP contribution in [0.15, 0.2) is 24.3 Å². The van der Waals surface area contributed by atoms with Crippen LogP contribution < -0.4 is 5.32 Å². The summed E-state index contributed by atoms with van der Waals surface area (Å²) in [6, 6.07) is 7.24. The maximum atomic E-state index is 11.8. The van der Waals surface area contributed by atoms with Crippen LogP contribution in [0.2, 0.25) is 0 Å². The number of hydrogen-bond acceptors (Lipinski definition) is 3. The zero-order chi connectivity index (χ0) is 15.0. The molecule has 0 heterocycles. The van der Waals surface area contributed by atoms with E-state index < -0.39 is 5.97 Å². The lowest BCUT2D eigenvalue weighted by Crippen LogP contribution is -2.17. The summed E-state index contributed by atoms with van der Waals surface area (Å²) in [5.41, 5.74) is 1.66. The maximum Gasteiger partial charge on any atom is 0.303 e. The number of aryl methyl sites for hydroxylation is 1. The summed E-state index contributed by atoms with van der Waals surface area (Å²) >= 11 is 0. The zero-order valence-corrected chi connectivity index (χ0v) is 11.9. The van der Waals surface area contributed by atoms with E-state index in [2.05, 4.69) is 5.32 Å². The van der Waals surface area contributed by atoms with Crippen molar-refractivity contribution < 1.29 is 19.4 Å². The highest BCUT2D eigenvalue weighted by atomic mass is 16.5. The molecule has 0 fully saturated rings. The smallest absolute Gasteiger partial charge is 0.303 e. The van der Waals surface area contributed by atoms with Crippen LogP contribution in [-0.2, 0) is 20.7 Å². The average molecular weight is 279 g/mol. The molecule has 0 aromatic heterocycles. The predicted octanol–water partition coefficient (Wildman–Crippen LogP) is 2.31. The molecule has 1 atom stereocenters. The zero-order valence-electron chi connectivity index (χ0n) is 11.9. The summed E-state index contributed by atoms with van der Waals surface area (Å²) in [6.45, 7) is 2.51. The SMILES string of the molecule is COCC(C)CC(=O)Nc1ccc(CCC(=O)O)cc1. The molecule has 1 unspecified atom stereocenters. The lowest BCUT2D eigenvalue weighted by Gasteiger charge is -2.10. The molecule has 1 rings (SSSR count). The third-order valence-electron chi connectivity index (χ3n) is 2.85. The second-order valence-electron chi connectivity index (χ2n) is 4.90. The first-order valence-electron chi connectivity index (χ1n) is 6.60. The van der Waals surface area contributed by atoms with Crippen LogP contribution in [0.25, 0.3) is 0 Å². The first-order chi connectivity index (χ1) is 9.51. The number of ether oxygens (including phenoxy) is 1. The molecule has 1 aromatic rings. The van der Waals surface area contributed by atoms with E-state index >= 15 is 0 Å². The van der Waals surface area contributed by atoms with Crippen molar-refractivity contribution in [3.8, 4) is 0 Å². The van der Waals surface area contributed by atoms with Gasteiger partial charge >= 0.3 is 5.97 Å². The van der Waals surface area contributed by atoms with Crippen molar-refractivity contribution in [1.82, 2.24) is 0 Å². The Bertz CT molecular complexity index is 442. The van der Waals surface area contributed by atoms with Gasteiger partial charge in [0.05, 0.1) is 0 Å². The van der Waals surface area contributed by atoms with Crippen LogP contribution in [0.3, 0.4) is 0 Å². The molecule has 1 amide bonds. The molecule has 0 spiro atoms. The Kier molecular flexibility index (Phi) is 6.73. The van der Waals surface area contributed by atoms with Crippen molar-refractivity contribution in [2.24, 2.45) is 5.92 Å². The summed E-state index contributed by atoms with van der Waals surface area (Å²) in [7, 11) is 1.62. The van der Waals surface area contributed by atoms with E-state index in [0.29, 0.717) is 19.4 Å². The van der Waals surface area contributed by atoms with E-state index in [4.69, 9.17) is 9.84 Å². The highest BCUT2D eigenvalue weighted by molar-refractivity contribution is 5.90. The highest BCUT2D eigenvalue weighted by Gasteiger charge is 2.09. The predicted molar refractivity (Wildman–Crippen MR) is 76.7 cm³/mol. The Balaban J connectivity index is 2.44. The minimum Gasteiger partial charge on any atom is -0.481 e. The van der Waals surface area contributed by atoms with Gasteiger partial charge in [0.25, 0.3) is 0 Å². The lowest BCUT2D eigenvalue weighted by molar-refractivity contribution is -0.137. The van der Waals surface area contributed by atoms with Crippen LogP contribution in [0.4, 0.5) is 5.69 Å². The Hall–Kier alpha value is -1.88. The average Bonchev–Trinajstić information content (AvgIpc) is 2.37. The van der Waals surface area contributed by atoms with E-state index in [1.54, 1.807) is 19.2 Å². The van der Waals surface area contributed by atoms with Gasteiger partial charge in [0, 0.05) is 32.2 Å². The van der Waals surface area contributed by atoms with Crippen molar-refractivity contribution in [2.75, 3.05) is 19.0 Å². The number of methoxy groups -OCH3 is 1. The quantitative estimate of drug-likeness (QED) is 0.765. The summed E-state index contributed by atoms with van der Waals surface area (Å²) in [4.78, 5) is 22.2. The summed E-state index contributed by atoms with van der Waals surface area (Å²) < 4.78 is 4.99. The number of carboxylic acids is 1. The molecule has 0 aliphatic heterocycles. The molecule has 20 heavy (non-hydrogen) atoms. The minimum absolute atomic E-state index is 0.0483. The number of rotatable bonds is 8. The Morgan fingerprint density at radius 1 is 1.30 bits per heavy atom. The molecule has 110 valence electrons. The number of carbonyl (C=O) groups excluding carboxylic acids is 1. The molecular weight excluding hydrogens is 258 g/mol. The third kappa shape index (κ3) is 6.33. The number of aliphatic carboxylic acids is 1. The number of carbonyl (C=O) groups is 2. The minimum atomic E-state index is -0.811. The van der Waals surface area contributed by atoms with Crippen molar-refractivity contribution in [1.29, 1.82) is 0 Å². The van der Waals surface area contributed by atoms with Crippen molar-refractivity contribution in [2.45, 2.75) is 26.2 Å². The van der Waals surface area contributed by atoms with Crippen LogP contribution in [0.1, 0.15) is 25.3 Å². The van der Waals surface area contributed by atoms with E-state index in [0.717, 1.165) is 11.3 Å². The molecule has 0 radical (unpaired) electrons. The molecule has 5 heteroatoms. The fourth-order valence-electron chi connectivity index (χ4n) is 1.88. The maximum absolute atomic E-state index is 11.8. The second-order valence-corrected chi connectivity index (χ2v) is 4.90. The van der Waals surface area contributed by atoms with Gasteiger partial charge < -0.3 is 15.2 Å². The van der Waals surface area contributed by atoms with E-state index in [9.17, 15) is 9.59 Å². The van der Waals surface area contributed by atoms with Gasteiger partial charge in [-0.1, -0.05) is 19.1 Å². The molecule has 0 saturated heterocycles. The van der Waals surface area contributed by atoms with Crippen molar-refractivity contribution >= 4 is 17.6 Å². The Morgan fingerprint density at radius 2 is 1.95 bits per heavy atom. The molecule has 0 saturated carbocycles. The third-order valence-corrected chi connectivity index (χ3v) is 2.85. The van der Waals surface area contributed by atoms with E-state index in [-0.39, 0.29) is 18.2 Å². The number of hydrogen-bond donors (Lipinski definition) is 2. The van der Waals surface area contributed by atoms with Gasteiger partial charge in [0.2, 0.25) is 5.91 Å². The first kappa shape index (κ1) is 16.2. The topological polar surface area (TPSA) is 75.6 Å². The van der Waals surface area contributed by atoms with Crippen LogP contribution in [-0.4, -0.2) is 30.7 Å². The molecule has 0 aliphatic rings. The van der Waals surface area contributed by atoms with Gasteiger partial charge in [0.1, 0.15) is 0 Å². The number of nitrogens with one attached hydrogen (secondary N) is 1. The van der Waals surface area contributed by atoms with Gasteiger partial charge in [-0.25, -0.2) is 0 Å². The lowest BCUT2D eigenvalue weighted by atomic mass is 10.1. The Labute approximate surface area is 118 Å². The van der Waals surface area contributed by atoms with Gasteiger partial charge in [0.15, 0.2) is 0 Å². The number of benzene rings is 1. The second kappa shape index (κ2) is 8.32. The normalized spacial score (nSPS) is 11.9. The monoisotopic (exact) mass is 279 g/mol. The molecule has 0 bridgehead atoms. The molecule has 2 N–H and O–H groups in total. The van der Waals surface area contributed by atoms with Crippen LogP contribution in [0.5, 0.6) is 0 Å². The Morgan fingerprint density at radius 3 is 2.50 bits per heavy atom. The summed E-state index contributed by atoms with van der Waals surface area (Å²) in [6.07, 6.45) is 1.02. The van der Waals surface area contributed by atoms with Crippen LogP contribution in [0, 0.1) is 5.92 Å². The first-order valence-corrected chi connectivity index (χ1v) is 6.60. The van der Waals surface area contributed by atoms with Gasteiger partial charge in [-0.15, -0.1) is 0 Å². The summed E-state index contributed by atoms with van der Waals surface area (Å²) in [5.74, 6) is -0.683. The number of carboxylic acid groups (broad SMARTS) is 1. The van der Waals surface area contributed by atoms with Crippen molar-refractivity contribution in [3.63, 3.8) is 0 Å². The standard InChI is InChI=1S/C15H21NO4/c1-11(10-20-2)9-14(17)16-13-6-3-12(4-7-13)5-8-15(18)19/h3-4,6-7,11H,5,8-10H2,1-2H3,(H,16,17)(H,18,19). The number of anilines is 1. The van der Waals surface area contributed by atoms with Gasteiger partial charge in [-0.3, -0.25) is 9.59 Å². The van der Waals surface area contributed by atoms with Crippen LogP contribution >= 0.6 is 0 Å². The van der Waals surface area contributed by atoms with Gasteiger partial charge in [-0.05, 0) is 30.0 Å². The van der Waals surface area contributed by atoms with Crippen molar-refractivity contribution in [3.05, 3.63) is 29.8 Å². The summed E-state index contributed by atoms with van der Waals surface area (Å²) in [5, 5.41) is 11.4. The fraction of sp³-hybridized carbons (Fsp3) is 0.467. The molecular formula is C15H21NO4.